The van der Waals surface area contributed by atoms with E-state index in [1.165, 1.54) is 13.5 Å². The van der Waals surface area contributed by atoms with Crippen LogP contribution in [0.25, 0.3) is 0 Å². The highest BCUT2D eigenvalue weighted by Crippen LogP contribution is 2.40. The van der Waals surface area contributed by atoms with Gasteiger partial charge in [0, 0.05) is 0 Å². The van der Waals surface area contributed by atoms with Crippen molar-refractivity contribution in [3.8, 4) is 0 Å². The zero-order valence-corrected chi connectivity index (χ0v) is 12.0. The lowest BCUT2D eigenvalue weighted by atomic mass is 9.82. The van der Waals surface area contributed by atoms with Gasteiger partial charge in [-0.05, 0) is 58.1 Å². The molecule has 2 rings (SSSR count). The second-order valence-electron chi connectivity index (χ2n) is 6.36. The summed E-state index contributed by atoms with van der Waals surface area (Å²) in [5, 5.41) is 9.98. The molecule has 0 heterocycles. The normalized spacial score (nSPS) is 16.5. The maximum atomic E-state index is 13.9. The Morgan fingerprint density at radius 1 is 1.26 bits per heavy atom. The minimum absolute atomic E-state index is 0.166. The number of halogens is 1. The van der Waals surface area contributed by atoms with Gasteiger partial charge in [0.2, 0.25) is 0 Å². The Morgan fingerprint density at radius 2 is 1.89 bits per heavy atom. The first-order valence-corrected chi connectivity index (χ1v) is 6.73. The predicted octanol–water partition coefficient (Wildman–Crippen LogP) is 2.51. The van der Waals surface area contributed by atoms with Gasteiger partial charge in [0.25, 0.3) is 0 Å². The standard InChI is InChI=1S/C15H21BFO2/c1-14(2,18)15(3,4)19-16-11-7-8-12(10-5-6-10)13(17)9-11/h7-10,18H,5-6H2,1-4H3. The lowest BCUT2D eigenvalue weighted by Crippen LogP contribution is -2.49. The SMILES string of the molecule is CC(C)(O)C(C)(C)O[B]c1ccc(C2CC2)c(F)c1. The Labute approximate surface area is 115 Å². The van der Waals surface area contributed by atoms with Gasteiger partial charge in [0.15, 0.2) is 0 Å². The average Bonchev–Trinajstić information content (AvgIpc) is 3.09. The molecule has 1 fully saturated rings. The van der Waals surface area contributed by atoms with Crippen LogP contribution >= 0.6 is 0 Å². The fourth-order valence-corrected chi connectivity index (χ4v) is 1.70. The van der Waals surface area contributed by atoms with Crippen LogP contribution in [0, 0.1) is 5.82 Å². The molecule has 0 amide bonds. The fourth-order valence-electron chi connectivity index (χ4n) is 1.70. The summed E-state index contributed by atoms with van der Waals surface area (Å²) in [6, 6.07) is 5.19. The van der Waals surface area contributed by atoms with E-state index in [-0.39, 0.29) is 5.82 Å². The quantitative estimate of drug-likeness (QED) is 0.827. The van der Waals surface area contributed by atoms with Gasteiger partial charge in [0.1, 0.15) is 5.82 Å². The van der Waals surface area contributed by atoms with Crippen LogP contribution in [0.5, 0.6) is 0 Å². The van der Waals surface area contributed by atoms with Crippen LogP contribution in [0.15, 0.2) is 18.2 Å². The summed E-state index contributed by atoms with van der Waals surface area (Å²) in [5.41, 5.74) is -0.229. The third kappa shape index (κ3) is 3.37. The van der Waals surface area contributed by atoms with E-state index in [0.717, 1.165) is 18.4 Å². The summed E-state index contributed by atoms with van der Waals surface area (Å²) in [6.07, 6.45) is 2.17. The molecule has 1 aliphatic rings. The Morgan fingerprint density at radius 3 is 2.37 bits per heavy atom. The van der Waals surface area contributed by atoms with E-state index in [1.807, 2.05) is 12.1 Å². The van der Waals surface area contributed by atoms with Gasteiger partial charge in [-0.25, -0.2) is 4.39 Å². The first-order chi connectivity index (χ1) is 8.71. The summed E-state index contributed by atoms with van der Waals surface area (Å²) in [7, 11) is 1.51. The number of aliphatic hydroxyl groups is 1. The molecule has 0 saturated heterocycles. The number of benzene rings is 1. The Hall–Kier alpha value is -0.865. The Balaban J connectivity index is 2.02. The first kappa shape index (κ1) is 14.5. The molecular formula is C15H21BFO2. The lowest BCUT2D eigenvalue weighted by Gasteiger charge is -2.37. The molecule has 0 aromatic heterocycles. The molecule has 1 aromatic rings. The molecule has 103 valence electrons. The van der Waals surface area contributed by atoms with Crippen molar-refractivity contribution in [2.45, 2.75) is 57.7 Å². The lowest BCUT2D eigenvalue weighted by molar-refractivity contribution is -0.0893. The van der Waals surface area contributed by atoms with Crippen LogP contribution in [0.4, 0.5) is 4.39 Å². The topological polar surface area (TPSA) is 29.5 Å². The monoisotopic (exact) mass is 263 g/mol. The predicted molar refractivity (Wildman–Crippen MR) is 75.2 cm³/mol. The summed E-state index contributed by atoms with van der Waals surface area (Å²) >= 11 is 0. The first-order valence-electron chi connectivity index (χ1n) is 6.73. The maximum Gasteiger partial charge on any atom is 0.331 e. The molecule has 1 aliphatic carbocycles. The van der Waals surface area contributed by atoms with Crippen molar-refractivity contribution in [3.05, 3.63) is 29.6 Å². The van der Waals surface area contributed by atoms with E-state index in [9.17, 15) is 9.50 Å². The van der Waals surface area contributed by atoms with Gasteiger partial charge < -0.3 is 9.76 Å². The minimum atomic E-state index is -0.976. The highest BCUT2D eigenvalue weighted by atomic mass is 19.1. The van der Waals surface area contributed by atoms with Gasteiger partial charge in [-0.1, -0.05) is 17.6 Å². The van der Waals surface area contributed by atoms with Crippen LogP contribution in [-0.4, -0.2) is 23.8 Å². The molecule has 19 heavy (non-hydrogen) atoms. The Bertz CT molecular complexity index is 462. The van der Waals surface area contributed by atoms with E-state index < -0.39 is 11.2 Å². The van der Waals surface area contributed by atoms with Gasteiger partial charge in [-0.15, -0.1) is 0 Å². The van der Waals surface area contributed by atoms with Crippen LogP contribution < -0.4 is 5.46 Å². The zero-order chi connectivity index (χ0) is 14.3. The van der Waals surface area contributed by atoms with E-state index in [1.54, 1.807) is 27.7 Å². The summed E-state index contributed by atoms with van der Waals surface area (Å²) in [5.74, 6) is 0.240. The number of hydrogen-bond donors (Lipinski definition) is 1. The van der Waals surface area contributed by atoms with Gasteiger partial charge >= 0.3 is 7.48 Å². The molecular weight excluding hydrogens is 242 g/mol. The third-order valence-corrected chi connectivity index (χ3v) is 4.00. The summed E-state index contributed by atoms with van der Waals surface area (Å²) < 4.78 is 19.5. The van der Waals surface area contributed by atoms with Crippen molar-refractivity contribution in [2.75, 3.05) is 0 Å². The van der Waals surface area contributed by atoms with Crippen molar-refractivity contribution in [3.63, 3.8) is 0 Å². The molecule has 1 N–H and O–H groups in total. The summed E-state index contributed by atoms with van der Waals surface area (Å²) in [6.45, 7) is 6.99. The molecule has 4 heteroatoms. The van der Waals surface area contributed by atoms with E-state index in [0.29, 0.717) is 11.4 Å². The molecule has 0 unspecified atom stereocenters. The van der Waals surface area contributed by atoms with Crippen LogP contribution in [0.2, 0.25) is 0 Å². The third-order valence-electron chi connectivity index (χ3n) is 4.00. The summed E-state index contributed by atoms with van der Waals surface area (Å²) in [4.78, 5) is 0. The van der Waals surface area contributed by atoms with E-state index >= 15 is 0 Å². The van der Waals surface area contributed by atoms with Gasteiger partial charge in [0.05, 0.1) is 11.2 Å². The van der Waals surface area contributed by atoms with Crippen molar-refractivity contribution < 1.29 is 14.2 Å². The van der Waals surface area contributed by atoms with Gasteiger partial charge in [-0.2, -0.15) is 0 Å². The van der Waals surface area contributed by atoms with Crippen LogP contribution in [0.3, 0.4) is 0 Å². The van der Waals surface area contributed by atoms with Crippen molar-refractivity contribution in [1.82, 2.24) is 0 Å². The van der Waals surface area contributed by atoms with Crippen LogP contribution in [-0.2, 0) is 4.65 Å². The Kier molecular flexibility index (Phi) is 3.76. The fraction of sp³-hybridized carbons (Fsp3) is 0.600. The molecule has 0 atom stereocenters. The second kappa shape index (κ2) is 4.91. The van der Waals surface area contributed by atoms with E-state index in [4.69, 9.17) is 4.65 Å². The average molecular weight is 263 g/mol. The molecule has 1 saturated carbocycles. The minimum Gasteiger partial charge on any atom is -0.427 e. The number of hydrogen-bond acceptors (Lipinski definition) is 2. The van der Waals surface area contributed by atoms with Crippen molar-refractivity contribution in [2.24, 2.45) is 0 Å². The van der Waals surface area contributed by atoms with Crippen molar-refractivity contribution in [1.29, 1.82) is 0 Å². The van der Waals surface area contributed by atoms with E-state index in [2.05, 4.69) is 0 Å². The smallest absolute Gasteiger partial charge is 0.331 e. The maximum absolute atomic E-state index is 13.9. The van der Waals surface area contributed by atoms with Crippen molar-refractivity contribution >= 4 is 12.9 Å². The molecule has 0 bridgehead atoms. The van der Waals surface area contributed by atoms with Crippen LogP contribution in [0.1, 0.15) is 52.0 Å². The highest BCUT2D eigenvalue weighted by Gasteiger charge is 2.35. The molecule has 0 aliphatic heterocycles. The number of rotatable bonds is 5. The van der Waals surface area contributed by atoms with Gasteiger partial charge in [-0.3, -0.25) is 0 Å². The molecule has 0 spiro atoms. The zero-order valence-electron chi connectivity index (χ0n) is 12.0. The molecule has 1 aromatic carbocycles. The largest absolute Gasteiger partial charge is 0.427 e. The second-order valence-corrected chi connectivity index (χ2v) is 6.36. The molecule has 1 radical (unpaired) electrons. The molecule has 2 nitrogen and oxygen atoms in total. The highest BCUT2D eigenvalue weighted by molar-refractivity contribution is 6.47.